The van der Waals surface area contributed by atoms with Crippen molar-refractivity contribution < 1.29 is 0 Å². The fraction of sp³-hybridized carbons (Fsp3) is 0.444. The van der Waals surface area contributed by atoms with Crippen molar-refractivity contribution in [2.75, 3.05) is 37.6 Å². The number of aryl methyl sites for hydroxylation is 2. The lowest BCUT2D eigenvalue weighted by molar-refractivity contribution is 0.242. The van der Waals surface area contributed by atoms with Gasteiger partial charge in [0.05, 0.1) is 12.1 Å². The predicted octanol–water partition coefficient (Wildman–Crippen LogP) is 0.656. The molecule has 0 unspecified atom stereocenters. The van der Waals surface area contributed by atoms with Crippen molar-refractivity contribution in [2.45, 2.75) is 13.5 Å². The molecule has 1 aliphatic rings. The fourth-order valence-corrected chi connectivity index (χ4v) is 3.49. The Morgan fingerprint density at radius 1 is 1.12 bits per heavy atom. The van der Waals surface area contributed by atoms with Gasteiger partial charge in [0.2, 0.25) is 0 Å². The Morgan fingerprint density at radius 3 is 2.69 bits per heavy atom. The minimum Gasteiger partial charge on any atom is -0.352 e. The summed E-state index contributed by atoms with van der Waals surface area (Å²) in [6, 6.07) is 5.32. The van der Waals surface area contributed by atoms with Gasteiger partial charge >= 0.3 is 0 Å². The summed E-state index contributed by atoms with van der Waals surface area (Å²) in [6.45, 7) is 7.23. The zero-order valence-corrected chi connectivity index (χ0v) is 15.2. The van der Waals surface area contributed by atoms with E-state index in [0.29, 0.717) is 6.54 Å². The first kappa shape index (κ1) is 16.7. The predicted molar refractivity (Wildman–Crippen MR) is 100 cm³/mol. The Labute approximate surface area is 151 Å². The molecular formula is C18H23N7O. The van der Waals surface area contributed by atoms with E-state index in [9.17, 15) is 4.79 Å². The normalized spacial score (nSPS) is 15.7. The smallest absolute Gasteiger partial charge is 0.266 e. The number of nitrogens with zero attached hydrogens (tertiary/aromatic N) is 7. The molecule has 0 radical (unpaired) electrons. The van der Waals surface area contributed by atoms with Crippen molar-refractivity contribution in [1.82, 2.24) is 29.2 Å². The second-order valence-electron chi connectivity index (χ2n) is 6.69. The average molecular weight is 353 g/mol. The van der Waals surface area contributed by atoms with Gasteiger partial charge in [-0.2, -0.15) is 5.10 Å². The Bertz CT molecular complexity index is 969. The molecule has 0 aromatic carbocycles. The zero-order valence-electron chi connectivity index (χ0n) is 15.2. The van der Waals surface area contributed by atoms with Gasteiger partial charge in [0, 0.05) is 57.7 Å². The van der Waals surface area contributed by atoms with E-state index in [2.05, 4.69) is 49.5 Å². The van der Waals surface area contributed by atoms with E-state index in [0.717, 1.165) is 49.6 Å². The second-order valence-corrected chi connectivity index (χ2v) is 6.69. The van der Waals surface area contributed by atoms with Crippen LogP contribution in [0.25, 0.3) is 11.0 Å². The largest absolute Gasteiger partial charge is 0.352 e. The number of piperazine rings is 1. The van der Waals surface area contributed by atoms with Gasteiger partial charge in [0.15, 0.2) is 5.82 Å². The van der Waals surface area contributed by atoms with E-state index in [1.807, 2.05) is 0 Å². The van der Waals surface area contributed by atoms with Crippen molar-refractivity contribution in [3.63, 3.8) is 0 Å². The molecule has 4 rings (SSSR count). The Hall–Kier alpha value is -2.74. The molecule has 3 aromatic heterocycles. The maximum absolute atomic E-state index is 11.7. The quantitative estimate of drug-likeness (QED) is 0.686. The summed E-state index contributed by atoms with van der Waals surface area (Å²) < 4.78 is 3.68. The monoisotopic (exact) mass is 353 g/mol. The van der Waals surface area contributed by atoms with Crippen LogP contribution >= 0.6 is 0 Å². The van der Waals surface area contributed by atoms with E-state index in [1.54, 1.807) is 24.7 Å². The molecule has 1 fully saturated rings. The third-order valence-corrected chi connectivity index (χ3v) is 5.13. The minimum absolute atomic E-state index is 0.0476. The zero-order chi connectivity index (χ0) is 18.1. The molecule has 0 N–H and O–H groups in total. The highest BCUT2D eigenvalue weighted by atomic mass is 16.1. The average Bonchev–Trinajstić information content (AvgIpc) is 2.96. The Balaban J connectivity index is 1.43. The molecule has 26 heavy (non-hydrogen) atoms. The molecule has 0 bridgehead atoms. The van der Waals surface area contributed by atoms with Gasteiger partial charge in [0.25, 0.3) is 5.56 Å². The number of fused-ring (bicyclic) bond motifs is 1. The third-order valence-electron chi connectivity index (χ3n) is 5.13. The number of rotatable bonds is 4. The molecule has 4 heterocycles. The van der Waals surface area contributed by atoms with Crippen molar-refractivity contribution in [3.05, 3.63) is 46.8 Å². The fourth-order valence-electron chi connectivity index (χ4n) is 3.49. The SMILES string of the molecule is Cc1cc2ncnc(N3CCN(CCn4ncccc4=O)CC3)c2n1C. The molecule has 8 nitrogen and oxygen atoms in total. The second kappa shape index (κ2) is 6.87. The highest BCUT2D eigenvalue weighted by Crippen LogP contribution is 2.26. The summed E-state index contributed by atoms with van der Waals surface area (Å²) in [4.78, 5) is 25.4. The summed E-state index contributed by atoms with van der Waals surface area (Å²) in [5.74, 6) is 1.01. The first-order chi connectivity index (χ1) is 12.6. The molecular weight excluding hydrogens is 330 g/mol. The highest BCUT2D eigenvalue weighted by Gasteiger charge is 2.21. The van der Waals surface area contributed by atoms with Gasteiger partial charge in [-0.15, -0.1) is 0 Å². The molecule has 1 saturated heterocycles. The van der Waals surface area contributed by atoms with E-state index in [4.69, 9.17) is 0 Å². The van der Waals surface area contributed by atoms with Gasteiger partial charge in [0.1, 0.15) is 11.8 Å². The van der Waals surface area contributed by atoms with Gasteiger partial charge < -0.3 is 9.47 Å². The van der Waals surface area contributed by atoms with Crippen LogP contribution in [-0.4, -0.2) is 61.9 Å². The van der Waals surface area contributed by atoms with Crippen molar-refractivity contribution in [1.29, 1.82) is 0 Å². The Kier molecular flexibility index (Phi) is 4.42. The summed E-state index contributed by atoms with van der Waals surface area (Å²) in [7, 11) is 2.06. The van der Waals surface area contributed by atoms with Gasteiger partial charge in [-0.25, -0.2) is 14.6 Å². The van der Waals surface area contributed by atoms with Crippen LogP contribution < -0.4 is 10.5 Å². The van der Waals surface area contributed by atoms with Crippen molar-refractivity contribution in [2.24, 2.45) is 7.05 Å². The van der Waals surface area contributed by atoms with E-state index >= 15 is 0 Å². The van der Waals surface area contributed by atoms with Crippen LogP contribution in [0.3, 0.4) is 0 Å². The molecule has 0 atom stereocenters. The minimum atomic E-state index is -0.0476. The standard InChI is InChI=1S/C18H23N7O/c1-14-12-15-17(22(14)2)18(20-13-19-15)24-9-6-23(7-10-24)8-11-25-16(26)4-3-5-21-25/h3-5,12-13H,6-11H2,1-2H3. The lowest BCUT2D eigenvalue weighted by Gasteiger charge is -2.35. The number of hydrogen-bond donors (Lipinski definition) is 0. The van der Waals surface area contributed by atoms with Crippen molar-refractivity contribution >= 4 is 16.9 Å². The lowest BCUT2D eigenvalue weighted by Crippen LogP contribution is -2.48. The molecule has 0 saturated carbocycles. The molecule has 8 heteroatoms. The molecule has 0 aliphatic carbocycles. The summed E-state index contributed by atoms with van der Waals surface area (Å²) in [5, 5.41) is 4.12. The van der Waals surface area contributed by atoms with Crippen LogP contribution in [0.2, 0.25) is 0 Å². The summed E-state index contributed by atoms with van der Waals surface area (Å²) >= 11 is 0. The molecule has 0 amide bonds. The summed E-state index contributed by atoms with van der Waals surface area (Å²) in [5.41, 5.74) is 3.22. The molecule has 1 aliphatic heterocycles. The third kappa shape index (κ3) is 3.08. The van der Waals surface area contributed by atoms with Crippen LogP contribution in [0.1, 0.15) is 5.69 Å². The van der Waals surface area contributed by atoms with Crippen LogP contribution in [0.4, 0.5) is 5.82 Å². The number of anilines is 1. The first-order valence-electron chi connectivity index (χ1n) is 8.90. The van der Waals surface area contributed by atoms with E-state index in [-0.39, 0.29) is 5.56 Å². The maximum Gasteiger partial charge on any atom is 0.266 e. The first-order valence-corrected chi connectivity index (χ1v) is 8.90. The van der Waals surface area contributed by atoms with Crippen LogP contribution in [0, 0.1) is 6.92 Å². The molecule has 136 valence electrons. The van der Waals surface area contributed by atoms with Gasteiger partial charge in [-0.05, 0) is 19.1 Å². The van der Waals surface area contributed by atoms with Gasteiger partial charge in [-0.1, -0.05) is 0 Å². The maximum atomic E-state index is 11.7. The van der Waals surface area contributed by atoms with Crippen LogP contribution in [0.5, 0.6) is 0 Å². The number of aromatic nitrogens is 5. The number of hydrogen-bond acceptors (Lipinski definition) is 6. The van der Waals surface area contributed by atoms with Crippen LogP contribution in [0.15, 0.2) is 35.5 Å². The van der Waals surface area contributed by atoms with Crippen molar-refractivity contribution in [3.8, 4) is 0 Å². The molecule has 3 aromatic rings. The topological polar surface area (TPSA) is 72.1 Å². The summed E-state index contributed by atoms with van der Waals surface area (Å²) in [6.07, 6.45) is 3.30. The highest BCUT2D eigenvalue weighted by molar-refractivity contribution is 5.87. The van der Waals surface area contributed by atoms with E-state index < -0.39 is 0 Å². The Morgan fingerprint density at radius 2 is 1.92 bits per heavy atom. The van der Waals surface area contributed by atoms with Crippen LogP contribution in [-0.2, 0) is 13.6 Å². The van der Waals surface area contributed by atoms with E-state index in [1.165, 1.54) is 10.4 Å². The lowest BCUT2D eigenvalue weighted by atomic mass is 10.3. The molecule has 0 spiro atoms. The van der Waals surface area contributed by atoms with Gasteiger partial charge in [-0.3, -0.25) is 9.69 Å².